The molecule has 1 aliphatic rings. The first kappa shape index (κ1) is 22.0. The van der Waals surface area contributed by atoms with Crippen LogP contribution in [0.5, 0.6) is 17.4 Å². The van der Waals surface area contributed by atoms with E-state index in [1.54, 1.807) is 7.11 Å². The number of hydrogen-bond acceptors (Lipinski definition) is 8. The van der Waals surface area contributed by atoms with Gasteiger partial charge in [-0.05, 0) is 36.8 Å². The third kappa shape index (κ3) is 4.63. The Kier molecular flexibility index (Phi) is 6.49. The van der Waals surface area contributed by atoms with Gasteiger partial charge in [-0.1, -0.05) is 60.3 Å². The second-order valence-corrected chi connectivity index (χ2v) is 8.50. The Bertz CT molecular complexity index is 1290. The van der Waals surface area contributed by atoms with Gasteiger partial charge in [0.15, 0.2) is 23.4 Å². The molecule has 5 rings (SSSR count). The number of aromatic nitrogens is 3. The quantitative estimate of drug-likeness (QED) is 0.341. The number of methoxy groups -OCH3 is 1. The number of para-hydroxylation sites is 1. The summed E-state index contributed by atoms with van der Waals surface area (Å²) in [6.45, 7) is 2.50. The second-order valence-electron chi connectivity index (χ2n) is 7.55. The molecule has 0 saturated heterocycles. The molecule has 0 aliphatic carbocycles. The summed E-state index contributed by atoms with van der Waals surface area (Å²) >= 11 is 1.52. The smallest absolute Gasteiger partial charge is 0.247 e. The summed E-state index contributed by atoms with van der Waals surface area (Å²) in [4.78, 5) is 4.72. The molecule has 1 aromatic heterocycles. The van der Waals surface area contributed by atoms with E-state index in [2.05, 4.69) is 27.6 Å². The van der Waals surface area contributed by atoms with E-state index >= 15 is 0 Å². The first-order chi connectivity index (χ1) is 16.7. The van der Waals surface area contributed by atoms with Gasteiger partial charge < -0.3 is 19.5 Å². The molecule has 34 heavy (non-hydrogen) atoms. The van der Waals surface area contributed by atoms with Crippen LogP contribution in [0.2, 0.25) is 0 Å². The largest absolute Gasteiger partial charge is 0.493 e. The fourth-order valence-electron chi connectivity index (χ4n) is 3.70. The summed E-state index contributed by atoms with van der Waals surface area (Å²) in [5, 5.41) is 12.9. The molecule has 0 radical (unpaired) electrons. The lowest BCUT2D eigenvalue weighted by molar-refractivity contribution is 0.224. The molecule has 3 aromatic carbocycles. The average molecular weight is 473 g/mol. The zero-order valence-corrected chi connectivity index (χ0v) is 19.7. The molecule has 0 unspecified atom stereocenters. The van der Waals surface area contributed by atoms with E-state index in [-0.39, 0.29) is 0 Å². The van der Waals surface area contributed by atoms with Crippen LogP contribution < -0.4 is 19.5 Å². The van der Waals surface area contributed by atoms with Crippen LogP contribution in [0.4, 0.5) is 5.69 Å². The van der Waals surface area contributed by atoms with Crippen molar-refractivity contribution in [2.24, 2.45) is 0 Å². The second kappa shape index (κ2) is 10.0. The lowest BCUT2D eigenvalue weighted by Gasteiger charge is -2.20. The summed E-state index contributed by atoms with van der Waals surface area (Å²) in [6.07, 6.45) is -0.504. The highest BCUT2D eigenvalue weighted by molar-refractivity contribution is 7.98. The minimum atomic E-state index is -0.504. The van der Waals surface area contributed by atoms with Crippen LogP contribution in [0.3, 0.4) is 0 Å². The first-order valence-corrected chi connectivity index (χ1v) is 12.0. The van der Waals surface area contributed by atoms with Crippen molar-refractivity contribution >= 4 is 17.4 Å². The molecule has 1 atom stereocenters. The fraction of sp³-hybridized carbons (Fsp3) is 0.192. The predicted octanol–water partition coefficient (Wildman–Crippen LogP) is 5.74. The van der Waals surface area contributed by atoms with Crippen LogP contribution in [-0.4, -0.2) is 28.9 Å². The van der Waals surface area contributed by atoms with Crippen LogP contribution in [0.1, 0.15) is 24.3 Å². The van der Waals surface area contributed by atoms with Crippen LogP contribution in [-0.2, 0) is 5.75 Å². The molecular weight excluding hydrogens is 448 g/mol. The summed E-state index contributed by atoms with van der Waals surface area (Å²) in [7, 11) is 1.63. The molecule has 1 aliphatic heterocycles. The van der Waals surface area contributed by atoms with Crippen molar-refractivity contribution in [2.45, 2.75) is 24.1 Å². The van der Waals surface area contributed by atoms with Crippen molar-refractivity contribution < 1.29 is 14.2 Å². The van der Waals surface area contributed by atoms with Crippen molar-refractivity contribution in [1.29, 1.82) is 0 Å². The minimum absolute atomic E-state index is 0.431. The Hall–Kier alpha value is -3.78. The van der Waals surface area contributed by atoms with Crippen molar-refractivity contribution in [3.8, 4) is 28.6 Å². The van der Waals surface area contributed by atoms with E-state index in [1.807, 2.05) is 67.6 Å². The maximum absolute atomic E-state index is 6.38. The van der Waals surface area contributed by atoms with Crippen molar-refractivity contribution in [1.82, 2.24) is 15.2 Å². The van der Waals surface area contributed by atoms with E-state index in [1.165, 1.54) is 17.3 Å². The van der Waals surface area contributed by atoms with Crippen LogP contribution in [0.15, 0.2) is 78.0 Å². The molecule has 7 nitrogen and oxygen atoms in total. The SMILES string of the molecule is CCOc1ccc([C@H]2Nc3ccccc3-c3nnc(SCc4ccccc4)nc3O2)cc1OC. The molecule has 172 valence electrons. The summed E-state index contributed by atoms with van der Waals surface area (Å²) in [6, 6.07) is 23.9. The van der Waals surface area contributed by atoms with Gasteiger partial charge in [0.2, 0.25) is 11.0 Å². The average Bonchev–Trinajstić information content (AvgIpc) is 3.05. The first-order valence-electron chi connectivity index (χ1n) is 11.0. The Morgan fingerprint density at radius 3 is 2.62 bits per heavy atom. The highest BCUT2D eigenvalue weighted by Crippen LogP contribution is 2.41. The fourth-order valence-corrected chi connectivity index (χ4v) is 4.44. The van der Waals surface area contributed by atoms with Gasteiger partial charge in [-0.15, -0.1) is 10.2 Å². The lowest BCUT2D eigenvalue weighted by atomic mass is 10.1. The van der Waals surface area contributed by atoms with E-state index in [0.717, 1.165) is 22.6 Å². The summed E-state index contributed by atoms with van der Waals surface area (Å²) < 4.78 is 17.6. The van der Waals surface area contributed by atoms with Gasteiger partial charge in [0.05, 0.1) is 13.7 Å². The van der Waals surface area contributed by atoms with Gasteiger partial charge in [-0.2, -0.15) is 4.98 Å². The topological polar surface area (TPSA) is 78.4 Å². The van der Waals surface area contributed by atoms with Gasteiger partial charge in [0.1, 0.15) is 0 Å². The summed E-state index contributed by atoms with van der Waals surface area (Å²) in [5.74, 6) is 2.51. The number of hydrogen-bond donors (Lipinski definition) is 1. The standard InChI is InChI=1S/C26H24N4O3S/c1-3-32-21-14-13-18(15-22(21)31-2)24-27-20-12-8-7-11-19(20)23-25(33-24)28-26(30-29-23)34-16-17-9-5-4-6-10-17/h4-15,24,27H,3,16H2,1-2H3/t24-/m0/s1. The van der Waals surface area contributed by atoms with Gasteiger partial charge in [0.25, 0.3) is 0 Å². The number of fused-ring (bicyclic) bond motifs is 3. The normalized spacial score (nSPS) is 14.1. The number of thioether (sulfide) groups is 1. The number of nitrogens with one attached hydrogen (secondary N) is 1. The minimum Gasteiger partial charge on any atom is -0.493 e. The molecule has 0 bridgehead atoms. The molecule has 4 aromatic rings. The van der Waals surface area contributed by atoms with Crippen LogP contribution >= 0.6 is 11.8 Å². The van der Waals surface area contributed by atoms with Gasteiger partial charge in [-0.25, -0.2) is 0 Å². The number of benzene rings is 3. The zero-order valence-electron chi connectivity index (χ0n) is 18.9. The molecule has 0 spiro atoms. The highest BCUT2D eigenvalue weighted by Gasteiger charge is 2.26. The van der Waals surface area contributed by atoms with Gasteiger partial charge in [0, 0.05) is 22.6 Å². The third-order valence-corrected chi connectivity index (χ3v) is 6.24. The van der Waals surface area contributed by atoms with E-state index in [0.29, 0.717) is 34.8 Å². The maximum atomic E-state index is 6.38. The van der Waals surface area contributed by atoms with Crippen LogP contribution in [0, 0.1) is 0 Å². The van der Waals surface area contributed by atoms with E-state index in [4.69, 9.17) is 19.2 Å². The van der Waals surface area contributed by atoms with Gasteiger partial charge in [-0.3, -0.25) is 0 Å². The maximum Gasteiger partial charge on any atom is 0.247 e. The molecule has 2 heterocycles. The van der Waals surface area contributed by atoms with Crippen LogP contribution in [0.25, 0.3) is 11.3 Å². The van der Waals surface area contributed by atoms with Crippen molar-refractivity contribution in [3.63, 3.8) is 0 Å². The highest BCUT2D eigenvalue weighted by atomic mass is 32.2. The molecule has 1 N–H and O–H groups in total. The number of anilines is 1. The zero-order chi connectivity index (χ0) is 23.3. The Balaban J connectivity index is 1.49. The molecule has 0 saturated carbocycles. The number of ether oxygens (including phenoxy) is 3. The van der Waals surface area contributed by atoms with E-state index in [9.17, 15) is 0 Å². The number of rotatable bonds is 7. The predicted molar refractivity (Wildman–Crippen MR) is 132 cm³/mol. The number of nitrogens with zero attached hydrogens (tertiary/aromatic N) is 3. The Labute approximate surface area is 202 Å². The monoisotopic (exact) mass is 472 g/mol. The van der Waals surface area contributed by atoms with Crippen molar-refractivity contribution in [3.05, 3.63) is 83.9 Å². The lowest BCUT2D eigenvalue weighted by Crippen LogP contribution is -2.17. The van der Waals surface area contributed by atoms with Crippen molar-refractivity contribution in [2.75, 3.05) is 19.0 Å². The molecule has 0 fully saturated rings. The Morgan fingerprint density at radius 1 is 0.971 bits per heavy atom. The Morgan fingerprint density at radius 2 is 1.79 bits per heavy atom. The molecule has 8 heteroatoms. The van der Waals surface area contributed by atoms with E-state index < -0.39 is 6.23 Å². The molecule has 0 amide bonds. The van der Waals surface area contributed by atoms with Gasteiger partial charge >= 0.3 is 0 Å². The third-order valence-electron chi connectivity index (χ3n) is 5.33. The molecular formula is C26H24N4O3S. The summed E-state index contributed by atoms with van der Waals surface area (Å²) in [5.41, 5.74) is 4.45.